The molecule has 0 spiro atoms. The second kappa shape index (κ2) is 6.52. The van der Waals surface area contributed by atoms with E-state index in [0.717, 1.165) is 5.69 Å². The van der Waals surface area contributed by atoms with Gasteiger partial charge in [-0.1, -0.05) is 30.3 Å². The van der Waals surface area contributed by atoms with Crippen LogP contribution < -0.4 is 15.0 Å². The summed E-state index contributed by atoms with van der Waals surface area (Å²) < 4.78 is 5.23. The molecule has 1 aliphatic heterocycles. The monoisotopic (exact) mass is 310 g/mol. The Labute approximate surface area is 134 Å². The Morgan fingerprint density at radius 3 is 2.57 bits per heavy atom. The van der Waals surface area contributed by atoms with E-state index in [1.807, 2.05) is 42.5 Å². The molecule has 0 bridgehead atoms. The largest absolute Gasteiger partial charge is 0.495 e. The number of nitrogens with zero attached hydrogens (tertiary/aromatic N) is 1. The topological polar surface area (TPSA) is 58.6 Å². The van der Waals surface area contributed by atoms with Gasteiger partial charge in [-0.15, -0.1) is 0 Å². The molecule has 1 atom stereocenters. The Morgan fingerprint density at radius 2 is 1.83 bits per heavy atom. The van der Waals surface area contributed by atoms with Crippen LogP contribution in [-0.4, -0.2) is 25.5 Å². The van der Waals surface area contributed by atoms with Crippen molar-refractivity contribution in [2.75, 3.05) is 23.9 Å². The lowest BCUT2D eigenvalue weighted by atomic mass is 10.1. The maximum Gasteiger partial charge on any atom is 0.229 e. The van der Waals surface area contributed by atoms with Gasteiger partial charge in [-0.05, 0) is 24.3 Å². The number of carbonyl (C=O) groups excluding carboxylic acids is 2. The van der Waals surface area contributed by atoms with Gasteiger partial charge in [0.15, 0.2) is 0 Å². The SMILES string of the molecule is COc1ccccc1NC(=O)[C@@H]1CC(=O)N(c2ccccc2)C1. The summed E-state index contributed by atoms with van der Waals surface area (Å²) >= 11 is 0. The van der Waals surface area contributed by atoms with Gasteiger partial charge in [-0.25, -0.2) is 0 Å². The quantitative estimate of drug-likeness (QED) is 0.944. The summed E-state index contributed by atoms with van der Waals surface area (Å²) in [4.78, 5) is 26.3. The molecule has 0 unspecified atom stereocenters. The van der Waals surface area contributed by atoms with Crippen LogP contribution in [0.5, 0.6) is 5.75 Å². The van der Waals surface area contributed by atoms with Gasteiger partial charge >= 0.3 is 0 Å². The van der Waals surface area contributed by atoms with Crippen LogP contribution in [0.4, 0.5) is 11.4 Å². The minimum Gasteiger partial charge on any atom is -0.495 e. The minimum absolute atomic E-state index is 0.0311. The van der Waals surface area contributed by atoms with Crippen LogP contribution in [0, 0.1) is 5.92 Å². The number of ether oxygens (including phenoxy) is 1. The lowest BCUT2D eigenvalue weighted by Crippen LogP contribution is -2.28. The number of hydrogen-bond donors (Lipinski definition) is 1. The summed E-state index contributed by atoms with van der Waals surface area (Å²) in [6.07, 6.45) is 0.218. The maximum atomic E-state index is 12.5. The molecule has 0 radical (unpaired) electrons. The van der Waals surface area contributed by atoms with E-state index < -0.39 is 0 Å². The van der Waals surface area contributed by atoms with Crippen molar-refractivity contribution in [2.45, 2.75) is 6.42 Å². The van der Waals surface area contributed by atoms with Crippen molar-refractivity contribution in [3.05, 3.63) is 54.6 Å². The predicted octanol–water partition coefficient (Wildman–Crippen LogP) is 2.69. The fourth-order valence-corrected chi connectivity index (χ4v) is 2.72. The molecule has 23 heavy (non-hydrogen) atoms. The third-order valence-electron chi connectivity index (χ3n) is 3.93. The van der Waals surface area contributed by atoms with Crippen LogP contribution in [0.25, 0.3) is 0 Å². The highest BCUT2D eigenvalue weighted by Crippen LogP contribution is 2.28. The Morgan fingerprint density at radius 1 is 1.13 bits per heavy atom. The smallest absolute Gasteiger partial charge is 0.229 e. The molecule has 0 saturated carbocycles. The first kappa shape index (κ1) is 15.1. The van der Waals surface area contributed by atoms with Crippen LogP contribution >= 0.6 is 0 Å². The number of nitrogens with one attached hydrogen (secondary N) is 1. The van der Waals surface area contributed by atoms with Crippen molar-refractivity contribution in [2.24, 2.45) is 5.92 Å². The highest BCUT2D eigenvalue weighted by atomic mass is 16.5. The van der Waals surface area contributed by atoms with E-state index in [-0.39, 0.29) is 24.2 Å². The molecule has 5 nitrogen and oxygen atoms in total. The summed E-state index contributed by atoms with van der Waals surface area (Å²) in [5, 5.41) is 2.85. The summed E-state index contributed by atoms with van der Waals surface area (Å²) in [5.74, 6) is 0.0374. The molecule has 0 aliphatic carbocycles. The van der Waals surface area contributed by atoms with Crippen LogP contribution in [-0.2, 0) is 9.59 Å². The van der Waals surface area contributed by atoms with Gasteiger partial charge in [-0.3, -0.25) is 9.59 Å². The predicted molar refractivity (Wildman–Crippen MR) is 88.5 cm³/mol. The number of carbonyl (C=O) groups is 2. The van der Waals surface area contributed by atoms with Crippen molar-refractivity contribution in [1.82, 2.24) is 0 Å². The molecular formula is C18H18N2O3. The summed E-state index contributed by atoms with van der Waals surface area (Å²) in [7, 11) is 1.56. The second-order valence-electron chi connectivity index (χ2n) is 5.43. The molecule has 2 aromatic rings. The van der Waals surface area contributed by atoms with Crippen LogP contribution in [0.15, 0.2) is 54.6 Å². The highest BCUT2D eigenvalue weighted by Gasteiger charge is 2.35. The summed E-state index contributed by atoms with van der Waals surface area (Å²) in [6, 6.07) is 16.6. The normalized spacial score (nSPS) is 17.2. The number of amides is 2. The van der Waals surface area contributed by atoms with E-state index >= 15 is 0 Å². The number of benzene rings is 2. The van der Waals surface area contributed by atoms with Crippen molar-refractivity contribution in [3.8, 4) is 5.75 Å². The molecule has 3 rings (SSSR count). The molecule has 118 valence electrons. The standard InChI is InChI=1S/C18H18N2O3/c1-23-16-10-6-5-9-15(16)19-18(22)13-11-17(21)20(12-13)14-7-3-2-4-8-14/h2-10,13H,11-12H2,1H3,(H,19,22)/t13-/m1/s1. The summed E-state index contributed by atoms with van der Waals surface area (Å²) in [5.41, 5.74) is 1.44. The molecule has 1 heterocycles. The number of hydrogen-bond acceptors (Lipinski definition) is 3. The van der Waals surface area contributed by atoms with Crippen molar-refractivity contribution >= 4 is 23.2 Å². The molecule has 2 amide bonds. The average Bonchev–Trinajstić information content (AvgIpc) is 2.98. The molecule has 1 aliphatic rings. The van der Waals surface area contributed by atoms with Crippen LogP contribution in [0.1, 0.15) is 6.42 Å². The molecule has 0 aromatic heterocycles. The Hall–Kier alpha value is -2.82. The van der Waals surface area contributed by atoms with Crippen molar-refractivity contribution in [3.63, 3.8) is 0 Å². The second-order valence-corrected chi connectivity index (χ2v) is 5.43. The third kappa shape index (κ3) is 3.18. The fraction of sp³-hybridized carbons (Fsp3) is 0.222. The maximum absolute atomic E-state index is 12.5. The molecule has 2 aromatic carbocycles. The van der Waals surface area contributed by atoms with Gasteiger partial charge in [-0.2, -0.15) is 0 Å². The Balaban J connectivity index is 1.71. The highest BCUT2D eigenvalue weighted by molar-refractivity contribution is 6.03. The summed E-state index contributed by atoms with van der Waals surface area (Å²) in [6.45, 7) is 0.393. The van der Waals surface area contributed by atoms with E-state index in [1.54, 1.807) is 24.1 Å². The van der Waals surface area contributed by atoms with Gasteiger partial charge < -0.3 is 15.0 Å². The number of para-hydroxylation sites is 3. The lowest BCUT2D eigenvalue weighted by Gasteiger charge is -2.17. The van der Waals surface area contributed by atoms with Gasteiger partial charge in [0.2, 0.25) is 11.8 Å². The number of methoxy groups -OCH3 is 1. The number of anilines is 2. The molecule has 1 fully saturated rings. The van der Waals surface area contributed by atoms with Crippen LogP contribution in [0.3, 0.4) is 0 Å². The van der Waals surface area contributed by atoms with E-state index in [2.05, 4.69) is 5.32 Å². The fourth-order valence-electron chi connectivity index (χ4n) is 2.72. The van der Waals surface area contributed by atoms with Crippen LogP contribution in [0.2, 0.25) is 0 Å². The molecule has 1 saturated heterocycles. The zero-order chi connectivity index (χ0) is 16.2. The zero-order valence-electron chi connectivity index (χ0n) is 12.9. The lowest BCUT2D eigenvalue weighted by molar-refractivity contribution is -0.122. The molecule has 5 heteroatoms. The zero-order valence-corrected chi connectivity index (χ0v) is 12.9. The minimum atomic E-state index is -0.368. The van der Waals surface area contributed by atoms with Gasteiger partial charge in [0.05, 0.1) is 18.7 Å². The van der Waals surface area contributed by atoms with E-state index in [4.69, 9.17) is 4.74 Å². The molecule has 1 N–H and O–H groups in total. The number of rotatable bonds is 4. The Bertz CT molecular complexity index is 715. The first-order valence-corrected chi connectivity index (χ1v) is 7.48. The van der Waals surface area contributed by atoms with E-state index in [9.17, 15) is 9.59 Å². The van der Waals surface area contributed by atoms with E-state index in [1.165, 1.54) is 0 Å². The van der Waals surface area contributed by atoms with Gasteiger partial charge in [0.25, 0.3) is 0 Å². The average molecular weight is 310 g/mol. The van der Waals surface area contributed by atoms with E-state index in [0.29, 0.717) is 18.0 Å². The van der Waals surface area contributed by atoms with Gasteiger partial charge in [0.1, 0.15) is 5.75 Å². The van der Waals surface area contributed by atoms with Crippen molar-refractivity contribution < 1.29 is 14.3 Å². The Kier molecular flexibility index (Phi) is 4.28. The first-order valence-electron chi connectivity index (χ1n) is 7.48. The van der Waals surface area contributed by atoms with Crippen molar-refractivity contribution in [1.29, 1.82) is 0 Å². The first-order chi connectivity index (χ1) is 11.2. The van der Waals surface area contributed by atoms with Gasteiger partial charge in [0, 0.05) is 18.7 Å². The molecular weight excluding hydrogens is 292 g/mol. The third-order valence-corrected chi connectivity index (χ3v) is 3.93.